The summed E-state index contributed by atoms with van der Waals surface area (Å²) < 4.78 is 5.03. The number of hydrazine groups is 1. The SMILES string of the molecule is COc1ccc(N2C(=O)C[C@H](NNC(=O)CNC(C)=O)C2=O)cc1. The number of imide groups is 1. The van der Waals surface area contributed by atoms with Gasteiger partial charge >= 0.3 is 0 Å². The van der Waals surface area contributed by atoms with Crippen LogP contribution in [0.4, 0.5) is 5.69 Å². The number of hydrogen-bond donors (Lipinski definition) is 3. The molecule has 3 N–H and O–H groups in total. The molecule has 1 aliphatic heterocycles. The van der Waals surface area contributed by atoms with Gasteiger partial charge in [-0.3, -0.25) is 24.6 Å². The van der Waals surface area contributed by atoms with Crippen molar-refractivity contribution in [1.29, 1.82) is 0 Å². The maximum atomic E-state index is 12.3. The van der Waals surface area contributed by atoms with Crippen molar-refractivity contribution in [2.24, 2.45) is 0 Å². The molecule has 1 atom stereocenters. The summed E-state index contributed by atoms with van der Waals surface area (Å²) in [4.78, 5) is 47.7. The molecule has 0 spiro atoms. The summed E-state index contributed by atoms with van der Waals surface area (Å²) in [6.07, 6.45) is -0.0781. The summed E-state index contributed by atoms with van der Waals surface area (Å²) in [7, 11) is 1.52. The van der Waals surface area contributed by atoms with E-state index in [1.807, 2.05) is 0 Å². The summed E-state index contributed by atoms with van der Waals surface area (Å²) >= 11 is 0. The molecule has 9 nitrogen and oxygen atoms in total. The Kier molecular flexibility index (Phi) is 5.48. The topological polar surface area (TPSA) is 117 Å². The highest BCUT2D eigenvalue weighted by atomic mass is 16.5. The van der Waals surface area contributed by atoms with Gasteiger partial charge < -0.3 is 10.1 Å². The molecule has 1 heterocycles. The maximum Gasteiger partial charge on any atom is 0.253 e. The fourth-order valence-electron chi connectivity index (χ4n) is 2.16. The third-order valence-electron chi connectivity index (χ3n) is 3.36. The quantitative estimate of drug-likeness (QED) is 0.458. The van der Waals surface area contributed by atoms with Gasteiger partial charge in [-0.05, 0) is 24.3 Å². The number of nitrogens with zero attached hydrogens (tertiary/aromatic N) is 1. The minimum Gasteiger partial charge on any atom is -0.497 e. The lowest BCUT2D eigenvalue weighted by atomic mass is 10.2. The van der Waals surface area contributed by atoms with E-state index in [4.69, 9.17) is 4.74 Å². The van der Waals surface area contributed by atoms with Crippen LogP contribution >= 0.6 is 0 Å². The molecule has 0 saturated carbocycles. The predicted molar refractivity (Wildman–Crippen MR) is 83.9 cm³/mol. The Morgan fingerprint density at radius 3 is 2.50 bits per heavy atom. The Hall–Kier alpha value is -2.94. The standard InChI is InChI=1S/C15H18N4O5/c1-9(20)16-8-13(21)18-17-12-7-14(22)19(15(12)23)10-3-5-11(24-2)6-4-10/h3-6,12,17H,7-8H2,1-2H3,(H,16,20)(H,18,21)/t12-/m0/s1. The van der Waals surface area contributed by atoms with Gasteiger partial charge in [0.2, 0.25) is 11.8 Å². The van der Waals surface area contributed by atoms with Crippen LogP contribution in [0.25, 0.3) is 0 Å². The minimum absolute atomic E-state index is 0.0781. The fourth-order valence-corrected chi connectivity index (χ4v) is 2.16. The molecule has 9 heteroatoms. The van der Waals surface area contributed by atoms with Crippen molar-refractivity contribution in [3.05, 3.63) is 24.3 Å². The van der Waals surface area contributed by atoms with E-state index in [0.717, 1.165) is 4.90 Å². The normalized spacial score (nSPS) is 16.9. The first-order valence-corrected chi connectivity index (χ1v) is 7.22. The zero-order valence-electron chi connectivity index (χ0n) is 13.3. The van der Waals surface area contributed by atoms with Crippen LogP contribution in [0.2, 0.25) is 0 Å². The summed E-state index contributed by atoms with van der Waals surface area (Å²) in [6.45, 7) is 1.06. The average molecular weight is 334 g/mol. The number of anilines is 1. The van der Waals surface area contributed by atoms with Crippen LogP contribution in [-0.2, 0) is 19.2 Å². The molecule has 1 fully saturated rings. The smallest absolute Gasteiger partial charge is 0.253 e. The third kappa shape index (κ3) is 4.07. The highest BCUT2D eigenvalue weighted by molar-refractivity contribution is 6.22. The molecule has 2 rings (SSSR count). The Balaban J connectivity index is 1.95. The molecule has 0 unspecified atom stereocenters. The van der Waals surface area contributed by atoms with Crippen molar-refractivity contribution in [3.8, 4) is 5.75 Å². The first kappa shape index (κ1) is 17.4. The van der Waals surface area contributed by atoms with Crippen molar-refractivity contribution in [1.82, 2.24) is 16.2 Å². The monoisotopic (exact) mass is 334 g/mol. The number of rotatable bonds is 6. The number of amides is 4. The van der Waals surface area contributed by atoms with Gasteiger partial charge in [0, 0.05) is 6.92 Å². The molecule has 0 aromatic heterocycles. The molecule has 1 aliphatic rings. The predicted octanol–water partition coefficient (Wildman–Crippen LogP) is -0.916. The van der Waals surface area contributed by atoms with E-state index in [2.05, 4.69) is 16.2 Å². The second kappa shape index (κ2) is 7.55. The van der Waals surface area contributed by atoms with Gasteiger partial charge in [0.25, 0.3) is 11.8 Å². The van der Waals surface area contributed by atoms with Gasteiger partial charge in [-0.25, -0.2) is 10.3 Å². The molecule has 1 aromatic rings. The molecule has 4 amide bonds. The summed E-state index contributed by atoms with van der Waals surface area (Å²) in [6, 6.07) is 5.64. The Labute approximate surface area is 138 Å². The summed E-state index contributed by atoms with van der Waals surface area (Å²) in [5.41, 5.74) is 5.25. The molecule has 24 heavy (non-hydrogen) atoms. The number of benzene rings is 1. The van der Waals surface area contributed by atoms with E-state index in [9.17, 15) is 19.2 Å². The second-order valence-electron chi connectivity index (χ2n) is 5.12. The number of nitrogens with one attached hydrogen (secondary N) is 3. The summed E-state index contributed by atoms with van der Waals surface area (Å²) in [5, 5.41) is 2.32. The van der Waals surface area contributed by atoms with Crippen LogP contribution in [0.15, 0.2) is 24.3 Å². The van der Waals surface area contributed by atoms with E-state index in [0.29, 0.717) is 11.4 Å². The average Bonchev–Trinajstić information content (AvgIpc) is 2.85. The van der Waals surface area contributed by atoms with Crippen molar-refractivity contribution >= 4 is 29.3 Å². The molecule has 128 valence electrons. The molecule has 0 aliphatic carbocycles. The maximum absolute atomic E-state index is 12.3. The summed E-state index contributed by atoms with van der Waals surface area (Å²) in [5.74, 6) is -1.10. The lowest BCUT2D eigenvalue weighted by Gasteiger charge is -2.16. The Bertz CT molecular complexity index is 658. The van der Waals surface area contributed by atoms with Crippen LogP contribution in [0.1, 0.15) is 13.3 Å². The van der Waals surface area contributed by atoms with Crippen molar-refractivity contribution in [2.75, 3.05) is 18.6 Å². The van der Waals surface area contributed by atoms with E-state index < -0.39 is 17.9 Å². The van der Waals surface area contributed by atoms with E-state index in [1.54, 1.807) is 24.3 Å². The molecular weight excluding hydrogens is 316 g/mol. The molecule has 1 aromatic carbocycles. The molecule has 1 saturated heterocycles. The number of ether oxygens (including phenoxy) is 1. The van der Waals surface area contributed by atoms with Gasteiger partial charge in [-0.15, -0.1) is 0 Å². The van der Waals surface area contributed by atoms with E-state index in [-0.39, 0.29) is 24.8 Å². The van der Waals surface area contributed by atoms with Crippen LogP contribution in [0.3, 0.4) is 0 Å². The third-order valence-corrected chi connectivity index (χ3v) is 3.36. The zero-order valence-corrected chi connectivity index (χ0v) is 13.3. The second-order valence-corrected chi connectivity index (χ2v) is 5.12. The van der Waals surface area contributed by atoms with Crippen molar-refractivity contribution in [2.45, 2.75) is 19.4 Å². The first-order chi connectivity index (χ1) is 11.4. The number of carbonyl (C=O) groups excluding carboxylic acids is 4. The van der Waals surface area contributed by atoms with Gasteiger partial charge in [-0.1, -0.05) is 0 Å². The van der Waals surface area contributed by atoms with Gasteiger partial charge in [0.05, 0.1) is 25.8 Å². The molecular formula is C15H18N4O5. The minimum atomic E-state index is -0.860. The Morgan fingerprint density at radius 2 is 1.92 bits per heavy atom. The van der Waals surface area contributed by atoms with Crippen molar-refractivity contribution < 1.29 is 23.9 Å². The van der Waals surface area contributed by atoms with E-state index >= 15 is 0 Å². The van der Waals surface area contributed by atoms with Gasteiger partial charge in [0.1, 0.15) is 11.8 Å². The molecule has 0 bridgehead atoms. The lowest BCUT2D eigenvalue weighted by molar-refractivity contribution is -0.126. The highest BCUT2D eigenvalue weighted by Gasteiger charge is 2.39. The van der Waals surface area contributed by atoms with Crippen LogP contribution in [0.5, 0.6) is 5.75 Å². The van der Waals surface area contributed by atoms with Crippen LogP contribution < -0.4 is 25.8 Å². The first-order valence-electron chi connectivity index (χ1n) is 7.22. The number of hydrogen-bond acceptors (Lipinski definition) is 6. The Morgan fingerprint density at radius 1 is 1.25 bits per heavy atom. The zero-order chi connectivity index (χ0) is 17.7. The largest absolute Gasteiger partial charge is 0.497 e. The van der Waals surface area contributed by atoms with Crippen LogP contribution in [-0.4, -0.2) is 43.3 Å². The van der Waals surface area contributed by atoms with Crippen molar-refractivity contribution in [3.63, 3.8) is 0 Å². The van der Waals surface area contributed by atoms with Gasteiger partial charge in [0.15, 0.2) is 0 Å². The van der Waals surface area contributed by atoms with Crippen LogP contribution in [0, 0.1) is 0 Å². The number of carbonyl (C=O) groups is 4. The van der Waals surface area contributed by atoms with E-state index in [1.165, 1.54) is 14.0 Å². The number of methoxy groups -OCH3 is 1. The highest BCUT2D eigenvalue weighted by Crippen LogP contribution is 2.24. The fraction of sp³-hybridized carbons (Fsp3) is 0.333. The lowest BCUT2D eigenvalue weighted by Crippen LogP contribution is -2.50. The molecule has 0 radical (unpaired) electrons. The van der Waals surface area contributed by atoms with Gasteiger partial charge in [-0.2, -0.15) is 0 Å².